The monoisotopic (exact) mass is 266 g/mol. The molecule has 2 nitrogen and oxygen atoms in total. The van der Waals surface area contributed by atoms with Gasteiger partial charge in [-0.15, -0.1) is 0 Å². The lowest BCUT2D eigenvalue weighted by atomic mass is 10.2. The molecule has 2 aromatic rings. The number of rotatable bonds is 3. The molecule has 0 aromatic heterocycles. The van der Waals surface area contributed by atoms with Crippen molar-refractivity contribution in [2.75, 3.05) is 11.1 Å². The summed E-state index contributed by atoms with van der Waals surface area (Å²) in [5.74, 6) is 0. The van der Waals surface area contributed by atoms with Crippen LogP contribution in [-0.2, 0) is 6.54 Å². The molecule has 88 valence electrons. The standard InChI is InChI=1S/C13H12Cl2N2/c14-10-6-11(15)13(7-12(10)16)17-8-9-4-2-1-3-5-9/h1-7,17H,8,16H2. The van der Waals surface area contributed by atoms with Crippen molar-refractivity contribution >= 4 is 34.6 Å². The van der Waals surface area contributed by atoms with E-state index in [-0.39, 0.29) is 0 Å². The van der Waals surface area contributed by atoms with E-state index in [0.717, 1.165) is 5.69 Å². The fourth-order valence-electron chi connectivity index (χ4n) is 1.49. The van der Waals surface area contributed by atoms with Crippen LogP contribution in [0.15, 0.2) is 42.5 Å². The molecule has 0 unspecified atom stereocenters. The van der Waals surface area contributed by atoms with Gasteiger partial charge in [0.25, 0.3) is 0 Å². The Kier molecular flexibility index (Phi) is 3.77. The van der Waals surface area contributed by atoms with Crippen molar-refractivity contribution in [3.63, 3.8) is 0 Å². The minimum Gasteiger partial charge on any atom is -0.397 e. The topological polar surface area (TPSA) is 38.0 Å². The van der Waals surface area contributed by atoms with Gasteiger partial charge in [-0.1, -0.05) is 53.5 Å². The van der Waals surface area contributed by atoms with Gasteiger partial charge in [-0.2, -0.15) is 0 Å². The van der Waals surface area contributed by atoms with Crippen molar-refractivity contribution in [3.8, 4) is 0 Å². The van der Waals surface area contributed by atoms with Crippen LogP contribution >= 0.6 is 23.2 Å². The van der Waals surface area contributed by atoms with E-state index in [2.05, 4.69) is 5.32 Å². The first kappa shape index (κ1) is 12.1. The Bertz CT molecular complexity index is 512. The molecular weight excluding hydrogens is 255 g/mol. The second kappa shape index (κ2) is 5.30. The first-order valence-electron chi connectivity index (χ1n) is 5.19. The van der Waals surface area contributed by atoms with E-state index >= 15 is 0 Å². The molecule has 0 heterocycles. The van der Waals surface area contributed by atoms with Crippen LogP contribution in [0.3, 0.4) is 0 Å². The summed E-state index contributed by atoms with van der Waals surface area (Å²) >= 11 is 11.9. The first-order valence-corrected chi connectivity index (χ1v) is 5.95. The molecule has 2 rings (SSSR count). The summed E-state index contributed by atoms with van der Waals surface area (Å²) in [6.45, 7) is 0.696. The summed E-state index contributed by atoms with van der Waals surface area (Å²) in [5.41, 5.74) is 8.22. The number of hydrogen-bond donors (Lipinski definition) is 2. The van der Waals surface area contributed by atoms with Gasteiger partial charge in [-0.3, -0.25) is 0 Å². The number of nitrogen functional groups attached to an aromatic ring is 1. The molecule has 0 saturated heterocycles. The van der Waals surface area contributed by atoms with Crippen molar-refractivity contribution < 1.29 is 0 Å². The summed E-state index contributed by atoms with van der Waals surface area (Å²) in [6, 6.07) is 13.4. The summed E-state index contributed by atoms with van der Waals surface area (Å²) in [5, 5.41) is 4.27. The van der Waals surface area contributed by atoms with Crippen molar-refractivity contribution in [1.29, 1.82) is 0 Å². The smallest absolute Gasteiger partial charge is 0.0653 e. The normalized spacial score (nSPS) is 10.2. The van der Waals surface area contributed by atoms with E-state index in [0.29, 0.717) is 22.3 Å². The molecule has 0 fully saturated rings. The highest BCUT2D eigenvalue weighted by Gasteiger charge is 2.04. The molecule has 0 spiro atoms. The second-order valence-electron chi connectivity index (χ2n) is 3.69. The zero-order valence-electron chi connectivity index (χ0n) is 9.08. The molecule has 3 N–H and O–H groups in total. The maximum atomic E-state index is 6.07. The zero-order chi connectivity index (χ0) is 12.3. The fourth-order valence-corrected chi connectivity index (χ4v) is 1.94. The Morgan fingerprint density at radius 1 is 1.00 bits per heavy atom. The third-order valence-electron chi connectivity index (χ3n) is 2.41. The zero-order valence-corrected chi connectivity index (χ0v) is 10.6. The van der Waals surface area contributed by atoms with Crippen LogP contribution in [0.1, 0.15) is 5.56 Å². The molecule has 0 aliphatic rings. The highest BCUT2D eigenvalue weighted by molar-refractivity contribution is 6.37. The quantitative estimate of drug-likeness (QED) is 0.818. The fraction of sp³-hybridized carbons (Fsp3) is 0.0769. The lowest BCUT2D eigenvalue weighted by Gasteiger charge is -2.10. The van der Waals surface area contributed by atoms with Gasteiger partial charge in [-0.25, -0.2) is 0 Å². The maximum Gasteiger partial charge on any atom is 0.0653 e. The van der Waals surface area contributed by atoms with Gasteiger partial charge >= 0.3 is 0 Å². The summed E-state index contributed by atoms with van der Waals surface area (Å²) in [6.07, 6.45) is 0. The van der Waals surface area contributed by atoms with E-state index in [1.807, 2.05) is 30.3 Å². The number of halogens is 2. The Balaban J connectivity index is 2.12. The number of nitrogens with two attached hydrogens (primary N) is 1. The molecule has 0 aliphatic carbocycles. The molecule has 0 radical (unpaired) electrons. The number of benzene rings is 2. The molecule has 2 aromatic carbocycles. The van der Waals surface area contributed by atoms with Gasteiger partial charge < -0.3 is 11.1 Å². The average Bonchev–Trinajstić information content (AvgIpc) is 2.33. The molecule has 0 amide bonds. The summed E-state index contributed by atoms with van der Waals surface area (Å²) in [7, 11) is 0. The third kappa shape index (κ3) is 3.05. The van der Waals surface area contributed by atoms with Crippen LogP contribution in [0.4, 0.5) is 11.4 Å². The molecule has 0 aliphatic heterocycles. The van der Waals surface area contributed by atoms with Crippen LogP contribution in [0.25, 0.3) is 0 Å². The largest absolute Gasteiger partial charge is 0.397 e. The number of nitrogens with one attached hydrogen (secondary N) is 1. The maximum absolute atomic E-state index is 6.07. The van der Waals surface area contributed by atoms with Crippen LogP contribution in [0, 0.1) is 0 Å². The predicted octanol–water partition coefficient (Wildman–Crippen LogP) is 4.19. The van der Waals surface area contributed by atoms with E-state index in [1.54, 1.807) is 12.1 Å². The molecular formula is C13H12Cl2N2. The SMILES string of the molecule is Nc1cc(NCc2ccccc2)c(Cl)cc1Cl. The van der Waals surface area contributed by atoms with E-state index in [4.69, 9.17) is 28.9 Å². The van der Waals surface area contributed by atoms with Crippen molar-refractivity contribution in [3.05, 3.63) is 58.1 Å². The van der Waals surface area contributed by atoms with Gasteiger partial charge in [0.1, 0.15) is 0 Å². The van der Waals surface area contributed by atoms with E-state index in [1.165, 1.54) is 5.56 Å². The molecule has 0 bridgehead atoms. The lowest BCUT2D eigenvalue weighted by Crippen LogP contribution is -2.00. The summed E-state index contributed by atoms with van der Waals surface area (Å²) in [4.78, 5) is 0. The van der Waals surface area contributed by atoms with Gasteiger partial charge in [-0.05, 0) is 17.7 Å². The highest BCUT2D eigenvalue weighted by Crippen LogP contribution is 2.30. The van der Waals surface area contributed by atoms with Crippen LogP contribution in [0.2, 0.25) is 10.0 Å². The molecule has 0 saturated carbocycles. The van der Waals surface area contributed by atoms with Gasteiger partial charge in [0, 0.05) is 6.54 Å². The summed E-state index contributed by atoms with van der Waals surface area (Å²) < 4.78 is 0. The van der Waals surface area contributed by atoms with Gasteiger partial charge in [0.05, 0.1) is 21.4 Å². The average molecular weight is 267 g/mol. The van der Waals surface area contributed by atoms with Crippen LogP contribution in [-0.4, -0.2) is 0 Å². The molecule has 17 heavy (non-hydrogen) atoms. The Morgan fingerprint density at radius 3 is 2.41 bits per heavy atom. The Hall–Kier alpha value is -1.38. The number of hydrogen-bond acceptors (Lipinski definition) is 2. The minimum atomic E-state index is 0.472. The minimum absolute atomic E-state index is 0.472. The van der Waals surface area contributed by atoms with Crippen molar-refractivity contribution in [1.82, 2.24) is 0 Å². The van der Waals surface area contributed by atoms with Crippen LogP contribution in [0.5, 0.6) is 0 Å². The van der Waals surface area contributed by atoms with E-state index < -0.39 is 0 Å². The van der Waals surface area contributed by atoms with Crippen molar-refractivity contribution in [2.45, 2.75) is 6.54 Å². The predicted molar refractivity (Wildman–Crippen MR) is 74.6 cm³/mol. The first-order chi connectivity index (χ1) is 8.16. The van der Waals surface area contributed by atoms with Crippen LogP contribution < -0.4 is 11.1 Å². The Morgan fingerprint density at radius 2 is 1.71 bits per heavy atom. The van der Waals surface area contributed by atoms with E-state index in [9.17, 15) is 0 Å². The Labute approximate surface area is 110 Å². The molecule has 0 atom stereocenters. The van der Waals surface area contributed by atoms with Gasteiger partial charge in [0.2, 0.25) is 0 Å². The highest BCUT2D eigenvalue weighted by atomic mass is 35.5. The molecule has 4 heteroatoms. The third-order valence-corrected chi connectivity index (χ3v) is 3.05. The number of anilines is 2. The lowest BCUT2D eigenvalue weighted by molar-refractivity contribution is 1.15. The second-order valence-corrected chi connectivity index (χ2v) is 4.51. The van der Waals surface area contributed by atoms with Crippen molar-refractivity contribution in [2.24, 2.45) is 0 Å². The van der Waals surface area contributed by atoms with Gasteiger partial charge in [0.15, 0.2) is 0 Å².